The molecule has 5 heteroatoms. The Kier molecular flexibility index (Phi) is 3.37. The second-order valence-electron chi connectivity index (χ2n) is 3.93. The van der Waals surface area contributed by atoms with E-state index in [9.17, 15) is 14.0 Å². The number of anilines is 2. The smallest absolute Gasteiger partial charge is 0.226 e. The van der Waals surface area contributed by atoms with Gasteiger partial charge in [0.25, 0.3) is 0 Å². The van der Waals surface area contributed by atoms with E-state index in [1.165, 1.54) is 12.1 Å². The molecule has 0 unspecified atom stereocenters. The van der Waals surface area contributed by atoms with Crippen molar-refractivity contribution in [2.24, 2.45) is 0 Å². The van der Waals surface area contributed by atoms with Gasteiger partial charge in [0.1, 0.15) is 5.82 Å². The van der Waals surface area contributed by atoms with E-state index >= 15 is 0 Å². The molecule has 0 bridgehead atoms. The van der Waals surface area contributed by atoms with Crippen molar-refractivity contribution in [3.63, 3.8) is 0 Å². The molecule has 2 rings (SSSR count). The average molecular weight is 236 g/mol. The Labute approximate surface area is 98.4 Å². The summed E-state index contributed by atoms with van der Waals surface area (Å²) in [5.74, 6) is -0.514. The van der Waals surface area contributed by atoms with Crippen molar-refractivity contribution in [2.75, 3.05) is 16.8 Å². The zero-order valence-corrected chi connectivity index (χ0v) is 9.28. The molecule has 4 nitrogen and oxygen atoms in total. The standard InChI is InChI=1S/C12H13FN2O2/c13-10-7-9(4-5-11(10)14-8-16)15-6-2-1-3-12(15)17/h4-5,7-8H,1-3,6H2,(H,14,16). The lowest BCUT2D eigenvalue weighted by atomic mass is 10.1. The van der Waals surface area contributed by atoms with Gasteiger partial charge in [0.2, 0.25) is 12.3 Å². The molecule has 17 heavy (non-hydrogen) atoms. The summed E-state index contributed by atoms with van der Waals surface area (Å²) in [6.45, 7) is 0.624. The van der Waals surface area contributed by atoms with Crippen LogP contribution in [0.4, 0.5) is 15.8 Å². The highest BCUT2D eigenvalue weighted by Gasteiger charge is 2.20. The van der Waals surface area contributed by atoms with Crippen LogP contribution in [0.25, 0.3) is 0 Å². The molecule has 1 N–H and O–H groups in total. The molecule has 1 aromatic carbocycles. The normalized spacial score (nSPS) is 15.8. The van der Waals surface area contributed by atoms with Crippen LogP contribution in [-0.2, 0) is 9.59 Å². The molecule has 0 atom stereocenters. The molecule has 0 aromatic heterocycles. The molecule has 1 heterocycles. The number of carbonyl (C=O) groups excluding carboxylic acids is 2. The van der Waals surface area contributed by atoms with Gasteiger partial charge in [-0.1, -0.05) is 0 Å². The number of nitrogens with zero attached hydrogens (tertiary/aromatic N) is 1. The number of hydrogen-bond acceptors (Lipinski definition) is 2. The lowest BCUT2D eigenvalue weighted by Gasteiger charge is -2.27. The Balaban J connectivity index is 2.24. The number of hydrogen-bond donors (Lipinski definition) is 1. The topological polar surface area (TPSA) is 49.4 Å². The van der Waals surface area contributed by atoms with E-state index in [4.69, 9.17) is 0 Å². The molecular weight excluding hydrogens is 223 g/mol. The zero-order valence-electron chi connectivity index (χ0n) is 9.28. The van der Waals surface area contributed by atoms with Crippen molar-refractivity contribution >= 4 is 23.7 Å². The SMILES string of the molecule is O=CNc1ccc(N2CCCCC2=O)cc1F. The molecule has 1 aliphatic rings. The van der Waals surface area contributed by atoms with Crippen LogP contribution in [0, 0.1) is 5.82 Å². The predicted molar refractivity (Wildman–Crippen MR) is 62.3 cm³/mol. The molecule has 90 valence electrons. The van der Waals surface area contributed by atoms with Crippen LogP contribution in [0.1, 0.15) is 19.3 Å². The molecule has 1 saturated heterocycles. The van der Waals surface area contributed by atoms with E-state index < -0.39 is 5.82 Å². The van der Waals surface area contributed by atoms with E-state index in [0.29, 0.717) is 25.1 Å². The quantitative estimate of drug-likeness (QED) is 0.815. The Morgan fingerprint density at radius 1 is 1.35 bits per heavy atom. The Morgan fingerprint density at radius 2 is 2.18 bits per heavy atom. The monoisotopic (exact) mass is 236 g/mol. The van der Waals surface area contributed by atoms with Crippen LogP contribution < -0.4 is 10.2 Å². The minimum atomic E-state index is -0.534. The molecule has 0 spiro atoms. The molecule has 1 aromatic rings. The summed E-state index contributed by atoms with van der Waals surface area (Å²) < 4.78 is 13.6. The number of benzene rings is 1. The van der Waals surface area contributed by atoms with E-state index in [1.807, 2.05) is 0 Å². The number of rotatable bonds is 3. The number of nitrogens with one attached hydrogen (secondary N) is 1. The van der Waals surface area contributed by atoms with Crippen LogP contribution in [-0.4, -0.2) is 18.9 Å². The van der Waals surface area contributed by atoms with Gasteiger partial charge in [-0.2, -0.15) is 0 Å². The fraction of sp³-hybridized carbons (Fsp3) is 0.333. The summed E-state index contributed by atoms with van der Waals surface area (Å²) in [6, 6.07) is 4.37. The number of piperidine rings is 1. The highest BCUT2D eigenvalue weighted by atomic mass is 19.1. The summed E-state index contributed by atoms with van der Waals surface area (Å²) >= 11 is 0. The number of carbonyl (C=O) groups is 2. The molecule has 2 amide bonds. The highest BCUT2D eigenvalue weighted by Crippen LogP contribution is 2.25. The summed E-state index contributed by atoms with van der Waals surface area (Å²) in [5, 5.41) is 2.26. The van der Waals surface area contributed by atoms with Gasteiger partial charge in [-0.15, -0.1) is 0 Å². The van der Waals surface area contributed by atoms with Crippen molar-refractivity contribution in [2.45, 2.75) is 19.3 Å². The number of halogens is 1. The lowest BCUT2D eigenvalue weighted by Crippen LogP contribution is -2.35. The summed E-state index contributed by atoms with van der Waals surface area (Å²) in [5.41, 5.74) is 0.664. The Bertz CT molecular complexity index is 448. The van der Waals surface area contributed by atoms with E-state index in [-0.39, 0.29) is 11.6 Å². The van der Waals surface area contributed by atoms with Gasteiger partial charge >= 0.3 is 0 Å². The first-order chi connectivity index (χ1) is 8.22. The second-order valence-corrected chi connectivity index (χ2v) is 3.93. The van der Waals surface area contributed by atoms with Crippen LogP contribution in [0.3, 0.4) is 0 Å². The van der Waals surface area contributed by atoms with E-state index in [2.05, 4.69) is 5.32 Å². The Hall–Kier alpha value is -1.91. The third-order valence-electron chi connectivity index (χ3n) is 2.80. The molecule has 0 radical (unpaired) electrons. The summed E-state index contributed by atoms with van der Waals surface area (Å²) in [6.07, 6.45) is 2.75. The minimum absolute atomic E-state index is 0.0201. The first-order valence-electron chi connectivity index (χ1n) is 5.52. The largest absolute Gasteiger partial charge is 0.326 e. The van der Waals surface area contributed by atoms with E-state index in [0.717, 1.165) is 12.8 Å². The molecule has 1 aliphatic heterocycles. The van der Waals surface area contributed by atoms with Crippen molar-refractivity contribution in [3.05, 3.63) is 24.0 Å². The van der Waals surface area contributed by atoms with Gasteiger partial charge in [-0.05, 0) is 31.0 Å². The van der Waals surface area contributed by atoms with Crippen LogP contribution in [0.2, 0.25) is 0 Å². The van der Waals surface area contributed by atoms with Crippen molar-refractivity contribution in [1.82, 2.24) is 0 Å². The lowest BCUT2D eigenvalue weighted by molar-refractivity contribution is -0.119. The first kappa shape index (κ1) is 11.6. The average Bonchev–Trinajstić information content (AvgIpc) is 2.33. The Morgan fingerprint density at radius 3 is 2.82 bits per heavy atom. The third kappa shape index (κ3) is 2.43. The van der Waals surface area contributed by atoms with Crippen LogP contribution >= 0.6 is 0 Å². The van der Waals surface area contributed by atoms with Gasteiger partial charge in [0.05, 0.1) is 5.69 Å². The second kappa shape index (κ2) is 4.95. The summed E-state index contributed by atoms with van der Waals surface area (Å²) in [7, 11) is 0. The molecular formula is C12H13FN2O2. The molecule has 0 saturated carbocycles. The van der Waals surface area contributed by atoms with Crippen LogP contribution in [0.15, 0.2) is 18.2 Å². The summed E-state index contributed by atoms with van der Waals surface area (Å²) in [4.78, 5) is 23.5. The third-order valence-corrected chi connectivity index (χ3v) is 2.80. The van der Waals surface area contributed by atoms with Gasteiger partial charge in [-0.3, -0.25) is 9.59 Å². The van der Waals surface area contributed by atoms with Gasteiger partial charge < -0.3 is 10.2 Å². The molecule has 0 aliphatic carbocycles. The van der Waals surface area contributed by atoms with Crippen molar-refractivity contribution < 1.29 is 14.0 Å². The minimum Gasteiger partial charge on any atom is -0.326 e. The van der Waals surface area contributed by atoms with Gasteiger partial charge in [0, 0.05) is 18.7 Å². The zero-order chi connectivity index (χ0) is 12.3. The predicted octanol–water partition coefficient (Wildman–Crippen LogP) is 1.91. The number of amides is 2. The van der Waals surface area contributed by atoms with Crippen molar-refractivity contribution in [3.8, 4) is 0 Å². The van der Waals surface area contributed by atoms with Gasteiger partial charge in [0.15, 0.2) is 0 Å². The maximum atomic E-state index is 13.6. The fourth-order valence-corrected chi connectivity index (χ4v) is 1.93. The maximum absolute atomic E-state index is 13.6. The van der Waals surface area contributed by atoms with Gasteiger partial charge in [-0.25, -0.2) is 4.39 Å². The van der Waals surface area contributed by atoms with E-state index in [1.54, 1.807) is 11.0 Å². The first-order valence-corrected chi connectivity index (χ1v) is 5.52. The molecule has 1 fully saturated rings. The maximum Gasteiger partial charge on any atom is 0.226 e. The highest BCUT2D eigenvalue weighted by molar-refractivity contribution is 5.94. The fourth-order valence-electron chi connectivity index (χ4n) is 1.93. The van der Waals surface area contributed by atoms with Crippen molar-refractivity contribution in [1.29, 1.82) is 0 Å². The van der Waals surface area contributed by atoms with Crippen LogP contribution in [0.5, 0.6) is 0 Å².